The Bertz CT molecular complexity index is 907. The number of rotatable bonds is 5. The van der Waals surface area contributed by atoms with Gasteiger partial charge in [-0.15, -0.1) is 0 Å². The maximum atomic E-state index is 14.4. The molecule has 1 aliphatic carbocycles. The quantitative estimate of drug-likeness (QED) is 0.518. The highest BCUT2D eigenvalue weighted by Gasteiger charge is 2.34. The molecule has 0 radical (unpaired) electrons. The van der Waals surface area contributed by atoms with Gasteiger partial charge in [-0.3, -0.25) is 4.99 Å². The second kappa shape index (κ2) is 7.54. The third-order valence-corrected chi connectivity index (χ3v) is 4.92. The number of hydrogen-bond acceptors (Lipinski definition) is 3. The first-order valence-corrected chi connectivity index (χ1v) is 9.15. The molecule has 0 spiro atoms. The lowest BCUT2D eigenvalue weighted by atomic mass is 9.90. The van der Waals surface area contributed by atoms with E-state index < -0.39 is 5.13 Å². The number of alkyl halides is 2. The van der Waals surface area contributed by atoms with Gasteiger partial charge >= 0.3 is 0 Å². The summed E-state index contributed by atoms with van der Waals surface area (Å²) in [5, 5.41) is 10.9. The van der Waals surface area contributed by atoms with Gasteiger partial charge in [0, 0.05) is 45.8 Å². The van der Waals surface area contributed by atoms with Crippen LogP contribution in [0.3, 0.4) is 0 Å². The highest BCUT2D eigenvalue weighted by atomic mass is 35.5. The summed E-state index contributed by atoms with van der Waals surface area (Å²) >= 11 is 18.3. The van der Waals surface area contributed by atoms with Gasteiger partial charge in [-0.25, -0.2) is 4.39 Å². The number of allylic oxidation sites excluding steroid dienone is 5. The lowest BCUT2D eigenvalue weighted by molar-refractivity contribution is 0.415. The van der Waals surface area contributed by atoms with Gasteiger partial charge in [0.25, 0.3) is 0 Å². The van der Waals surface area contributed by atoms with E-state index in [9.17, 15) is 4.39 Å². The molecule has 0 amide bonds. The van der Waals surface area contributed by atoms with Crippen molar-refractivity contribution < 1.29 is 4.39 Å². The number of nitriles is 1. The zero-order valence-electron chi connectivity index (χ0n) is 13.9. The van der Waals surface area contributed by atoms with Crippen molar-refractivity contribution in [3.05, 3.63) is 63.3 Å². The SMILES string of the molecule is CC(NCCC#N)C1=C(c2ccc(Cl)cc2Cl)C2=CC(F)(Cl)C=CC2=N1. The first-order chi connectivity index (χ1) is 12.3. The normalized spacial score (nSPS) is 22.6. The van der Waals surface area contributed by atoms with Crippen LogP contribution in [0.4, 0.5) is 4.39 Å². The first-order valence-electron chi connectivity index (χ1n) is 8.01. The summed E-state index contributed by atoms with van der Waals surface area (Å²) in [7, 11) is 0. The van der Waals surface area contributed by atoms with Crippen molar-refractivity contribution in [2.75, 3.05) is 6.54 Å². The molecule has 0 saturated heterocycles. The Labute approximate surface area is 166 Å². The fourth-order valence-electron chi connectivity index (χ4n) is 2.95. The van der Waals surface area contributed by atoms with Crippen LogP contribution in [-0.4, -0.2) is 23.4 Å². The third kappa shape index (κ3) is 3.87. The predicted octanol–water partition coefficient (Wildman–Crippen LogP) is 5.45. The van der Waals surface area contributed by atoms with E-state index >= 15 is 0 Å². The fourth-order valence-corrected chi connectivity index (χ4v) is 3.62. The molecule has 0 saturated carbocycles. The summed E-state index contributed by atoms with van der Waals surface area (Å²) in [6, 6.07) is 7.07. The van der Waals surface area contributed by atoms with E-state index in [0.717, 1.165) is 0 Å². The van der Waals surface area contributed by atoms with Crippen molar-refractivity contribution in [3.63, 3.8) is 0 Å². The van der Waals surface area contributed by atoms with Gasteiger partial charge in [0.1, 0.15) is 0 Å². The minimum Gasteiger partial charge on any atom is -0.308 e. The number of nitrogens with zero attached hydrogens (tertiary/aromatic N) is 2. The Balaban J connectivity index is 2.11. The monoisotopic (exact) mass is 409 g/mol. The minimum absolute atomic E-state index is 0.165. The molecule has 2 atom stereocenters. The molecule has 3 rings (SSSR count). The van der Waals surface area contributed by atoms with Crippen LogP contribution in [0, 0.1) is 11.3 Å². The third-order valence-electron chi connectivity index (χ3n) is 4.14. The van der Waals surface area contributed by atoms with Crippen molar-refractivity contribution in [2.24, 2.45) is 4.99 Å². The Morgan fingerprint density at radius 1 is 1.38 bits per heavy atom. The van der Waals surface area contributed by atoms with Gasteiger partial charge in [-0.2, -0.15) is 5.26 Å². The Hall–Kier alpha value is -1.64. The lowest BCUT2D eigenvalue weighted by Crippen LogP contribution is -2.28. The van der Waals surface area contributed by atoms with E-state index in [1.165, 1.54) is 12.2 Å². The van der Waals surface area contributed by atoms with Gasteiger partial charge in [-0.05, 0) is 37.3 Å². The van der Waals surface area contributed by atoms with Crippen LogP contribution in [0.1, 0.15) is 18.9 Å². The highest BCUT2D eigenvalue weighted by molar-refractivity contribution is 6.37. The van der Waals surface area contributed by atoms with Crippen molar-refractivity contribution in [3.8, 4) is 6.07 Å². The van der Waals surface area contributed by atoms with Gasteiger partial charge in [-0.1, -0.05) is 40.9 Å². The molecule has 2 unspecified atom stereocenters. The summed E-state index contributed by atoms with van der Waals surface area (Å²) in [6.45, 7) is 2.46. The van der Waals surface area contributed by atoms with Crippen LogP contribution < -0.4 is 5.32 Å². The molecule has 2 aliphatic rings. The topological polar surface area (TPSA) is 48.2 Å². The molecule has 0 fully saturated rings. The standard InChI is InChI=1S/C19H15Cl3FN3/c1-11(25-8-2-7-24)18-17(13-4-3-12(20)9-15(13)21)14-10-19(22,23)6-5-16(14)26-18/h3-6,9-11,25H,2,8H2,1H3. The molecule has 0 aromatic heterocycles. The molecule has 1 N–H and O–H groups in total. The molecular weight excluding hydrogens is 396 g/mol. The summed E-state index contributed by atoms with van der Waals surface area (Å²) in [5.74, 6) is 0. The molecular formula is C19H15Cl3FN3. The summed E-state index contributed by atoms with van der Waals surface area (Å²) < 4.78 is 14.4. The molecule has 7 heteroatoms. The van der Waals surface area contributed by atoms with Crippen molar-refractivity contribution in [1.82, 2.24) is 5.32 Å². The molecule has 0 bridgehead atoms. The Morgan fingerprint density at radius 2 is 2.15 bits per heavy atom. The minimum atomic E-state index is -2.08. The maximum absolute atomic E-state index is 14.4. The molecule has 1 aliphatic heterocycles. The van der Waals surface area contributed by atoms with Gasteiger partial charge < -0.3 is 5.32 Å². The summed E-state index contributed by atoms with van der Waals surface area (Å²) in [4.78, 5) is 4.65. The number of aliphatic imine (C=N–C) groups is 1. The van der Waals surface area contributed by atoms with Crippen LogP contribution in [0.2, 0.25) is 10.0 Å². The van der Waals surface area contributed by atoms with Crippen molar-refractivity contribution in [2.45, 2.75) is 24.5 Å². The van der Waals surface area contributed by atoms with Crippen LogP contribution in [0.25, 0.3) is 5.57 Å². The zero-order chi connectivity index (χ0) is 18.9. The Morgan fingerprint density at radius 3 is 2.85 bits per heavy atom. The maximum Gasteiger partial charge on any atom is 0.221 e. The van der Waals surface area contributed by atoms with Crippen LogP contribution in [0.15, 0.2) is 52.7 Å². The van der Waals surface area contributed by atoms with Gasteiger partial charge in [0.15, 0.2) is 0 Å². The second-order valence-electron chi connectivity index (χ2n) is 6.03. The van der Waals surface area contributed by atoms with Crippen molar-refractivity contribution in [1.29, 1.82) is 5.26 Å². The predicted molar refractivity (Wildman–Crippen MR) is 105 cm³/mol. The Kier molecular flexibility index (Phi) is 5.55. The average molecular weight is 411 g/mol. The van der Waals surface area contributed by atoms with Gasteiger partial charge in [0.2, 0.25) is 5.13 Å². The zero-order valence-corrected chi connectivity index (χ0v) is 16.1. The van der Waals surface area contributed by atoms with E-state index in [1.54, 1.807) is 24.3 Å². The second-order valence-corrected chi connectivity index (χ2v) is 7.45. The number of halogens is 4. The van der Waals surface area contributed by atoms with E-state index in [-0.39, 0.29) is 6.04 Å². The highest BCUT2D eigenvalue weighted by Crippen LogP contribution is 2.43. The molecule has 1 aromatic carbocycles. The van der Waals surface area contributed by atoms with Crippen LogP contribution in [0.5, 0.6) is 0 Å². The van der Waals surface area contributed by atoms with E-state index in [1.807, 2.05) is 6.92 Å². The van der Waals surface area contributed by atoms with Crippen LogP contribution in [-0.2, 0) is 0 Å². The summed E-state index contributed by atoms with van der Waals surface area (Å²) in [6.07, 6.45) is 4.54. The van der Waals surface area contributed by atoms with E-state index in [0.29, 0.717) is 51.1 Å². The number of benzene rings is 1. The number of fused-ring (bicyclic) bond motifs is 1. The number of hydrogen-bond donors (Lipinski definition) is 1. The first kappa shape index (κ1) is 19.1. The molecule has 1 heterocycles. The molecule has 26 heavy (non-hydrogen) atoms. The average Bonchev–Trinajstić information content (AvgIpc) is 2.92. The molecule has 1 aromatic rings. The number of nitrogens with one attached hydrogen (secondary N) is 1. The molecule has 3 nitrogen and oxygen atoms in total. The smallest absolute Gasteiger partial charge is 0.221 e. The van der Waals surface area contributed by atoms with E-state index in [2.05, 4.69) is 16.4 Å². The molecule has 134 valence electrons. The summed E-state index contributed by atoms with van der Waals surface area (Å²) in [5.41, 5.74) is 3.35. The van der Waals surface area contributed by atoms with Gasteiger partial charge in [0.05, 0.1) is 17.5 Å². The lowest BCUT2D eigenvalue weighted by Gasteiger charge is -2.19. The van der Waals surface area contributed by atoms with E-state index in [4.69, 9.17) is 40.1 Å². The fraction of sp³-hybridized carbons (Fsp3) is 0.263. The van der Waals surface area contributed by atoms with Crippen LogP contribution >= 0.6 is 34.8 Å². The largest absolute Gasteiger partial charge is 0.308 e. The van der Waals surface area contributed by atoms with Crippen molar-refractivity contribution >= 4 is 46.1 Å².